The van der Waals surface area contributed by atoms with Gasteiger partial charge in [-0.15, -0.1) is 0 Å². The van der Waals surface area contributed by atoms with E-state index in [1.54, 1.807) is 12.1 Å². The van der Waals surface area contributed by atoms with E-state index in [0.29, 0.717) is 10.6 Å². The summed E-state index contributed by atoms with van der Waals surface area (Å²) >= 11 is 7.20. The van der Waals surface area contributed by atoms with E-state index < -0.39 is 0 Å². The first kappa shape index (κ1) is 10.3. The fraction of sp³-hybridized carbons (Fsp3) is 0.0909. The average Bonchev–Trinajstić information content (AvgIpc) is 2.64. The Morgan fingerprint density at radius 3 is 2.80 bits per heavy atom. The molecule has 4 heteroatoms. The van der Waals surface area contributed by atoms with Crippen molar-refractivity contribution in [3.63, 3.8) is 0 Å². The van der Waals surface area contributed by atoms with E-state index in [1.165, 1.54) is 11.5 Å². The third kappa shape index (κ3) is 2.08. The number of carbonyl (C=O) groups is 1. The van der Waals surface area contributed by atoms with E-state index in [4.69, 9.17) is 11.6 Å². The third-order valence-electron chi connectivity index (χ3n) is 2.03. The van der Waals surface area contributed by atoms with Crippen LogP contribution in [0.2, 0.25) is 5.02 Å². The van der Waals surface area contributed by atoms with Crippen molar-refractivity contribution >= 4 is 29.4 Å². The van der Waals surface area contributed by atoms with Gasteiger partial charge in [0, 0.05) is 16.1 Å². The maximum absolute atomic E-state index is 10.9. The van der Waals surface area contributed by atoms with Crippen LogP contribution in [0.4, 0.5) is 0 Å². The van der Waals surface area contributed by atoms with Crippen molar-refractivity contribution in [3.8, 4) is 10.4 Å². The van der Waals surface area contributed by atoms with Gasteiger partial charge in [0.25, 0.3) is 0 Å². The topological polar surface area (TPSA) is 30.0 Å². The number of carbonyl (C=O) groups excluding carboxylic acids is 1. The van der Waals surface area contributed by atoms with E-state index in [9.17, 15) is 4.79 Å². The lowest BCUT2D eigenvalue weighted by Gasteiger charge is -2.01. The minimum Gasteiger partial charge on any atom is -0.298 e. The molecule has 0 spiro atoms. The van der Waals surface area contributed by atoms with Gasteiger partial charge in [-0.2, -0.15) is 4.37 Å². The molecule has 2 aromatic rings. The Hall–Kier alpha value is -1.19. The van der Waals surface area contributed by atoms with Crippen LogP contribution in [0, 0.1) is 6.92 Å². The summed E-state index contributed by atoms with van der Waals surface area (Å²) < 4.78 is 4.18. The Balaban J connectivity index is 2.57. The summed E-state index contributed by atoms with van der Waals surface area (Å²) in [4.78, 5) is 11.9. The minimum atomic E-state index is 0.571. The molecule has 0 N–H and O–H groups in total. The van der Waals surface area contributed by atoms with E-state index >= 15 is 0 Å². The van der Waals surface area contributed by atoms with Crippen LogP contribution in [-0.4, -0.2) is 10.7 Å². The van der Waals surface area contributed by atoms with Crippen LogP contribution in [0.15, 0.2) is 24.3 Å². The monoisotopic (exact) mass is 237 g/mol. The van der Waals surface area contributed by atoms with E-state index in [2.05, 4.69) is 4.37 Å². The molecule has 0 aliphatic heterocycles. The molecular weight excluding hydrogens is 230 g/mol. The van der Waals surface area contributed by atoms with E-state index in [1.807, 2.05) is 19.1 Å². The van der Waals surface area contributed by atoms with Crippen molar-refractivity contribution in [2.45, 2.75) is 6.92 Å². The smallest absolute Gasteiger partial charge is 0.150 e. The predicted octanol–water partition coefficient (Wildman–Crippen LogP) is 3.58. The number of hydrogen-bond donors (Lipinski definition) is 0. The minimum absolute atomic E-state index is 0.571. The Bertz CT molecular complexity index is 507. The summed E-state index contributed by atoms with van der Waals surface area (Å²) in [5.41, 5.74) is 2.45. The number of nitrogens with zero attached hydrogens (tertiary/aromatic N) is 1. The highest BCUT2D eigenvalue weighted by Gasteiger charge is 2.07. The first-order chi connectivity index (χ1) is 7.20. The Morgan fingerprint density at radius 2 is 2.20 bits per heavy atom. The van der Waals surface area contributed by atoms with E-state index in [0.717, 1.165) is 22.4 Å². The Kier molecular flexibility index (Phi) is 2.84. The van der Waals surface area contributed by atoms with Crippen molar-refractivity contribution < 1.29 is 4.79 Å². The number of halogens is 1. The lowest BCUT2D eigenvalue weighted by Crippen LogP contribution is -1.84. The maximum Gasteiger partial charge on any atom is 0.150 e. The van der Waals surface area contributed by atoms with Gasteiger partial charge in [-0.25, -0.2) is 0 Å². The van der Waals surface area contributed by atoms with Gasteiger partial charge >= 0.3 is 0 Å². The lowest BCUT2D eigenvalue weighted by atomic mass is 10.1. The van der Waals surface area contributed by atoms with Crippen molar-refractivity contribution in [3.05, 3.63) is 40.5 Å². The summed E-state index contributed by atoms with van der Waals surface area (Å²) in [5.74, 6) is 0. The van der Waals surface area contributed by atoms with Crippen molar-refractivity contribution in [1.29, 1.82) is 0 Å². The second-order valence-corrected chi connectivity index (χ2v) is 4.42. The fourth-order valence-corrected chi connectivity index (χ4v) is 2.33. The summed E-state index contributed by atoms with van der Waals surface area (Å²) in [6.07, 6.45) is 0.816. The van der Waals surface area contributed by atoms with Crippen LogP contribution < -0.4 is 0 Å². The molecule has 0 saturated carbocycles. The highest BCUT2D eigenvalue weighted by atomic mass is 35.5. The van der Waals surface area contributed by atoms with Crippen LogP contribution in [0.5, 0.6) is 0 Å². The molecule has 2 nitrogen and oxygen atoms in total. The molecule has 15 heavy (non-hydrogen) atoms. The van der Waals surface area contributed by atoms with Gasteiger partial charge in [0.05, 0.1) is 10.6 Å². The van der Waals surface area contributed by atoms with Gasteiger partial charge in [-0.1, -0.05) is 17.7 Å². The molecule has 0 unspecified atom stereocenters. The van der Waals surface area contributed by atoms with Crippen molar-refractivity contribution in [2.75, 3.05) is 0 Å². The molecule has 0 atom stereocenters. The standard InChI is InChI=1S/C11H8ClNOS/c1-7-4-11(15-13-7)10-3-2-9(12)5-8(10)6-14/h2-6H,1H3. The largest absolute Gasteiger partial charge is 0.298 e. The zero-order valence-corrected chi connectivity index (χ0v) is 9.60. The van der Waals surface area contributed by atoms with Crippen LogP contribution in [0.3, 0.4) is 0 Å². The molecule has 0 fully saturated rings. The molecule has 1 heterocycles. The number of aromatic nitrogens is 1. The van der Waals surface area contributed by atoms with Crippen molar-refractivity contribution in [1.82, 2.24) is 4.37 Å². The molecule has 0 radical (unpaired) electrons. The predicted molar refractivity (Wildman–Crippen MR) is 62.7 cm³/mol. The quantitative estimate of drug-likeness (QED) is 0.748. The Morgan fingerprint density at radius 1 is 1.40 bits per heavy atom. The number of aryl methyl sites for hydroxylation is 1. The van der Waals surface area contributed by atoms with Gasteiger partial charge in [-0.05, 0) is 36.7 Å². The molecule has 0 bridgehead atoms. The second kappa shape index (κ2) is 4.13. The molecular formula is C11H8ClNOS. The maximum atomic E-state index is 10.9. The fourth-order valence-electron chi connectivity index (χ4n) is 1.35. The number of rotatable bonds is 2. The van der Waals surface area contributed by atoms with Gasteiger partial charge < -0.3 is 0 Å². The molecule has 0 amide bonds. The zero-order valence-electron chi connectivity index (χ0n) is 8.03. The normalized spacial score (nSPS) is 10.3. The van der Waals surface area contributed by atoms with Crippen LogP contribution >= 0.6 is 23.1 Å². The lowest BCUT2D eigenvalue weighted by molar-refractivity contribution is 0.112. The van der Waals surface area contributed by atoms with Crippen LogP contribution in [-0.2, 0) is 0 Å². The third-order valence-corrected chi connectivity index (χ3v) is 3.18. The van der Waals surface area contributed by atoms with Crippen LogP contribution in [0.25, 0.3) is 10.4 Å². The summed E-state index contributed by atoms with van der Waals surface area (Å²) in [7, 11) is 0. The SMILES string of the molecule is Cc1cc(-c2ccc(Cl)cc2C=O)sn1. The summed E-state index contributed by atoms with van der Waals surface area (Å²) in [6, 6.07) is 7.25. The Labute approximate surface area is 96.7 Å². The first-order valence-corrected chi connectivity index (χ1v) is 5.54. The highest BCUT2D eigenvalue weighted by molar-refractivity contribution is 7.09. The summed E-state index contributed by atoms with van der Waals surface area (Å²) in [5, 5.41) is 0.571. The van der Waals surface area contributed by atoms with Gasteiger partial charge in [-0.3, -0.25) is 4.79 Å². The van der Waals surface area contributed by atoms with Crippen LogP contribution in [0.1, 0.15) is 16.1 Å². The molecule has 1 aromatic heterocycles. The second-order valence-electron chi connectivity index (χ2n) is 3.18. The highest BCUT2D eigenvalue weighted by Crippen LogP contribution is 2.28. The molecule has 0 aliphatic rings. The van der Waals surface area contributed by atoms with E-state index in [-0.39, 0.29) is 0 Å². The number of benzene rings is 1. The molecule has 0 saturated heterocycles. The van der Waals surface area contributed by atoms with Gasteiger partial charge in [0.2, 0.25) is 0 Å². The number of aldehydes is 1. The molecule has 2 rings (SSSR count). The zero-order chi connectivity index (χ0) is 10.8. The molecule has 76 valence electrons. The summed E-state index contributed by atoms with van der Waals surface area (Å²) in [6.45, 7) is 1.93. The molecule has 0 aliphatic carbocycles. The molecule has 1 aromatic carbocycles. The van der Waals surface area contributed by atoms with Gasteiger partial charge in [0.15, 0.2) is 6.29 Å². The van der Waals surface area contributed by atoms with Crippen molar-refractivity contribution in [2.24, 2.45) is 0 Å². The first-order valence-electron chi connectivity index (χ1n) is 4.39. The van der Waals surface area contributed by atoms with Gasteiger partial charge in [0.1, 0.15) is 0 Å². The average molecular weight is 238 g/mol. The number of hydrogen-bond acceptors (Lipinski definition) is 3.